The Morgan fingerprint density at radius 2 is 1.80 bits per heavy atom. The highest BCUT2D eigenvalue weighted by Crippen LogP contribution is 2.38. The Kier molecular flexibility index (Phi) is 10.6. The second-order valence-corrected chi connectivity index (χ2v) is 13.3. The highest BCUT2D eigenvalue weighted by molar-refractivity contribution is 7.98. The normalized spacial score (nSPS) is 14.2. The van der Waals surface area contributed by atoms with Crippen LogP contribution in [0.25, 0.3) is 11.8 Å². The standard InChI is InChI=1S/C38H31ClN2O7S2/c1-4-47-37(45)31-32(24-10-6-5-7-11-24)40-38-41(33(31)25-13-15-27(49-3)16-14-25)35(42)30(50-38)20-23-18-28(39)34(29(19-23)46-2)48-21-22-9-8-12-26(17-22)36(43)44/h5-20,33H,4,21H2,1-3H3,(H,43,44)/b30-20+/t33-/m1/s1. The van der Waals surface area contributed by atoms with Crippen molar-refractivity contribution in [2.24, 2.45) is 4.99 Å². The maximum absolute atomic E-state index is 14.3. The molecule has 50 heavy (non-hydrogen) atoms. The summed E-state index contributed by atoms with van der Waals surface area (Å²) in [7, 11) is 1.48. The van der Waals surface area contributed by atoms with Crippen molar-refractivity contribution >= 4 is 58.4 Å². The summed E-state index contributed by atoms with van der Waals surface area (Å²) in [5, 5.41) is 9.56. The molecule has 5 aromatic rings. The quantitative estimate of drug-likeness (QED) is 0.120. The van der Waals surface area contributed by atoms with Crippen LogP contribution in [0.1, 0.15) is 45.6 Å². The molecular weight excluding hydrogens is 696 g/mol. The van der Waals surface area contributed by atoms with Gasteiger partial charge < -0.3 is 19.3 Å². The minimum absolute atomic E-state index is 0.0552. The number of thioether (sulfide) groups is 1. The van der Waals surface area contributed by atoms with E-state index in [9.17, 15) is 19.5 Å². The topological polar surface area (TPSA) is 116 Å². The molecule has 1 N–H and O–H groups in total. The number of carboxylic acids is 1. The number of hydrogen-bond acceptors (Lipinski definition) is 9. The summed E-state index contributed by atoms with van der Waals surface area (Å²) in [4.78, 5) is 45.8. The summed E-state index contributed by atoms with van der Waals surface area (Å²) in [6.45, 7) is 1.95. The van der Waals surface area contributed by atoms with E-state index in [1.54, 1.807) is 53.6 Å². The van der Waals surface area contributed by atoms with Crippen LogP contribution in [0.4, 0.5) is 0 Å². The number of halogens is 1. The number of methoxy groups -OCH3 is 1. The molecule has 1 aliphatic heterocycles. The number of carbonyl (C=O) groups is 2. The van der Waals surface area contributed by atoms with Crippen molar-refractivity contribution in [3.05, 3.63) is 149 Å². The smallest absolute Gasteiger partial charge is 0.338 e. The third-order valence-corrected chi connectivity index (χ3v) is 9.92. The van der Waals surface area contributed by atoms with Crippen LogP contribution in [-0.2, 0) is 16.1 Å². The molecule has 0 amide bonds. The van der Waals surface area contributed by atoms with Crippen molar-refractivity contribution in [3.8, 4) is 11.5 Å². The number of esters is 1. The van der Waals surface area contributed by atoms with Gasteiger partial charge in [0.2, 0.25) is 0 Å². The molecule has 0 bridgehead atoms. The lowest BCUT2D eigenvalue weighted by atomic mass is 9.93. The van der Waals surface area contributed by atoms with E-state index in [4.69, 9.17) is 30.8 Å². The summed E-state index contributed by atoms with van der Waals surface area (Å²) in [6, 6.07) is 26.1. The number of aromatic carboxylic acids is 1. The summed E-state index contributed by atoms with van der Waals surface area (Å²) in [6.07, 6.45) is 3.68. The van der Waals surface area contributed by atoms with Crippen molar-refractivity contribution in [2.75, 3.05) is 20.0 Å². The second-order valence-electron chi connectivity index (χ2n) is 11.0. The fourth-order valence-electron chi connectivity index (χ4n) is 5.61. The highest BCUT2D eigenvalue weighted by Gasteiger charge is 2.35. The Bertz CT molecular complexity index is 2300. The van der Waals surface area contributed by atoms with Crippen LogP contribution in [0.3, 0.4) is 0 Å². The van der Waals surface area contributed by atoms with E-state index in [-0.39, 0.29) is 40.7 Å². The summed E-state index contributed by atoms with van der Waals surface area (Å²) >= 11 is 9.48. The van der Waals surface area contributed by atoms with E-state index >= 15 is 0 Å². The third kappa shape index (κ3) is 7.11. The minimum atomic E-state index is -1.04. The molecule has 6 rings (SSSR count). The van der Waals surface area contributed by atoms with Gasteiger partial charge in [0.1, 0.15) is 6.61 Å². The van der Waals surface area contributed by atoms with Gasteiger partial charge in [-0.15, -0.1) is 11.8 Å². The molecule has 9 nitrogen and oxygen atoms in total. The van der Waals surface area contributed by atoms with Gasteiger partial charge in [-0.05, 0) is 72.3 Å². The van der Waals surface area contributed by atoms with Crippen molar-refractivity contribution in [3.63, 3.8) is 0 Å². The average molecular weight is 727 g/mol. The number of ether oxygens (including phenoxy) is 3. The molecule has 0 radical (unpaired) electrons. The molecule has 1 aromatic heterocycles. The van der Waals surface area contributed by atoms with Gasteiger partial charge in [0, 0.05) is 10.5 Å². The number of hydrogen-bond donors (Lipinski definition) is 1. The molecule has 12 heteroatoms. The molecule has 0 saturated carbocycles. The SMILES string of the molecule is CCOC(=O)C1=C(c2ccccc2)N=c2s/c(=C/c3cc(Cl)c(OCc4cccc(C(=O)O)c4)c(OC)c3)c(=O)n2[C@@H]1c1ccc(SC)cc1. The zero-order valence-electron chi connectivity index (χ0n) is 27.2. The monoisotopic (exact) mass is 726 g/mol. The summed E-state index contributed by atoms with van der Waals surface area (Å²) in [5.41, 5.74) is 3.20. The van der Waals surface area contributed by atoms with Crippen LogP contribution in [0.2, 0.25) is 5.02 Å². The first-order valence-electron chi connectivity index (χ1n) is 15.5. The largest absolute Gasteiger partial charge is 0.493 e. The molecule has 0 saturated heterocycles. The summed E-state index contributed by atoms with van der Waals surface area (Å²) < 4.78 is 19.0. The lowest BCUT2D eigenvalue weighted by Crippen LogP contribution is -2.40. The van der Waals surface area contributed by atoms with E-state index in [1.165, 1.54) is 30.6 Å². The first-order chi connectivity index (χ1) is 24.2. The highest BCUT2D eigenvalue weighted by atomic mass is 35.5. The molecule has 0 unspecified atom stereocenters. The molecule has 4 aromatic carbocycles. The molecular formula is C38H31ClN2O7S2. The number of fused-ring (bicyclic) bond motifs is 1. The van der Waals surface area contributed by atoms with Crippen LogP contribution in [0.15, 0.2) is 111 Å². The molecule has 0 fully saturated rings. The van der Waals surface area contributed by atoms with E-state index in [0.29, 0.717) is 31.9 Å². The van der Waals surface area contributed by atoms with Crippen LogP contribution in [0.5, 0.6) is 11.5 Å². The summed E-state index contributed by atoms with van der Waals surface area (Å²) in [5.74, 6) is -0.988. The van der Waals surface area contributed by atoms with Crippen LogP contribution >= 0.6 is 34.7 Å². The Hall–Kier alpha value is -5.10. The predicted octanol–water partition coefficient (Wildman–Crippen LogP) is 6.60. The zero-order chi connectivity index (χ0) is 35.4. The lowest BCUT2D eigenvalue weighted by molar-refractivity contribution is -0.138. The number of thiazole rings is 1. The minimum Gasteiger partial charge on any atom is -0.493 e. The van der Waals surface area contributed by atoms with Crippen molar-refractivity contribution in [1.82, 2.24) is 4.57 Å². The van der Waals surface area contributed by atoms with E-state index in [1.807, 2.05) is 60.9 Å². The predicted molar refractivity (Wildman–Crippen MR) is 195 cm³/mol. The first kappa shape index (κ1) is 34.8. The number of carboxylic acid groups (broad SMARTS) is 1. The maximum atomic E-state index is 14.3. The van der Waals surface area contributed by atoms with Crippen molar-refractivity contribution < 1.29 is 28.9 Å². The molecule has 0 spiro atoms. The fourth-order valence-corrected chi connectivity index (χ4v) is 7.29. The molecule has 254 valence electrons. The molecule has 1 atom stereocenters. The Labute approximate surface area is 300 Å². The van der Waals surface area contributed by atoms with E-state index in [2.05, 4.69) is 0 Å². The van der Waals surface area contributed by atoms with Gasteiger partial charge in [0.05, 0.1) is 46.1 Å². The van der Waals surface area contributed by atoms with Gasteiger partial charge >= 0.3 is 11.9 Å². The molecule has 2 heterocycles. The van der Waals surface area contributed by atoms with Crippen LogP contribution < -0.4 is 24.4 Å². The average Bonchev–Trinajstić information content (AvgIpc) is 3.44. The number of carbonyl (C=O) groups excluding carboxylic acids is 1. The third-order valence-electron chi connectivity index (χ3n) is 7.91. The number of rotatable bonds is 11. The Morgan fingerprint density at radius 3 is 2.48 bits per heavy atom. The molecule has 0 aliphatic carbocycles. The van der Waals surface area contributed by atoms with Gasteiger partial charge in [-0.2, -0.15) is 0 Å². The second kappa shape index (κ2) is 15.2. The first-order valence-corrected chi connectivity index (χ1v) is 17.9. The van der Waals surface area contributed by atoms with Gasteiger partial charge in [-0.1, -0.05) is 77.5 Å². The van der Waals surface area contributed by atoms with Gasteiger partial charge in [-0.25, -0.2) is 14.6 Å². The Balaban J connectivity index is 1.47. The van der Waals surface area contributed by atoms with E-state index < -0.39 is 18.0 Å². The van der Waals surface area contributed by atoms with Gasteiger partial charge in [0.25, 0.3) is 5.56 Å². The van der Waals surface area contributed by atoms with Crippen LogP contribution in [0, 0.1) is 0 Å². The van der Waals surface area contributed by atoms with E-state index in [0.717, 1.165) is 16.0 Å². The lowest BCUT2D eigenvalue weighted by Gasteiger charge is -2.26. The van der Waals surface area contributed by atoms with Gasteiger partial charge in [0.15, 0.2) is 16.3 Å². The van der Waals surface area contributed by atoms with Crippen LogP contribution in [-0.4, -0.2) is 41.6 Å². The maximum Gasteiger partial charge on any atom is 0.338 e. The van der Waals surface area contributed by atoms with Crippen molar-refractivity contribution in [1.29, 1.82) is 0 Å². The fraction of sp³-hybridized carbons (Fsp3) is 0.158. The number of benzene rings is 4. The zero-order valence-corrected chi connectivity index (χ0v) is 29.6. The number of nitrogens with zero attached hydrogens (tertiary/aromatic N) is 2. The molecule has 1 aliphatic rings. The van der Waals surface area contributed by atoms with Gasteiger partial charge in [-0.3, -0.25) is 9.36 Å². The number of aromatic nitrogens is 1. The van der Waals surface area contributed by atoms with Crippen molar-refractivity contribution in [2.45, 2.75) is 24.5 Å². The Morgan fingerprint density at radius 1 is 1.04 bits per heavy atom.